The molecule has 0 spiro atoms. The van der Waals surface area contributed by atoms with E-state index in [1.165, 1.54) is 12.1 Å². The zero-order chi connectivity index (χ0) is 16.6. The Kier molecular flexibility index (Phi) is 4.12. The van der Waals surface area contributed by atoms with Crippen molar-refractivity contribution in [1.82, 2.24) is 5.32 Å². The number of ether oxygens (including phenoxy) is 1. The van der Waals surface area contributed by atoms with Gasteiger partial charge in [0.25, 0.3) is 0 Å². The molecule has 1 heterocycles. The molecule has 23 heavy (non-hydrogen) atoms. The van der Waals surface area contributed by atoms with Crippen molar-refractivity contribution in [3.8, 4) is 0 Å². The fourth-order valence-corrected chi connectivity index (χ4v) is 3.21. The fraction of sp³-hybridized carbons (Fsp3) is 0.471. The maximum Gasteiger partial charge on any atom is 0.306 e. The van der Waals surface area contributed by atoms with E-state index in [9.17, 15) is 9.18 Å². The first-order chi connectivity index (χ1) is 10.9. The minimum absolute atomic E-state index is 0.284. The Balaban J connectivity index is 1.63. The van der Waals surface area contributed by atoms with Crippen molar-refractivity contribution in [2.24, 2.45) is 5.92 Å². The summed E-state index contributed by atoms with van der Waals surface area (Å²) in [5.74, 6) is -0.625. The van der Waals surface area contributed by atoms with Gasteiger partial charge in [0.1, 0.15) is 17.2 Å². The molecule has 0 radical (unpaired) electrons. The molecular weight excluding hydrogens is 301 g/mol. The zero-order valence-electron chi connectivity index (χ0n) is 13.2. The highest BCUT2D eigenvalue weighted by molar-refractivity contribution is 5.82. The van der Waals surface area contributed by atoms with Crippen molar-refractivity contribution in [3.63, 3.8) is 0 Å². The lowest BCUT2D eigenvalue weighted by atomic mass is 9.70. The van der Waals surface area contributed by atoms with Crippen LogP contribution in [0.5, 0.6) is 0 Å². The van der Waals surface area contributed by atoms with Gasteiger partial charge in [-0.1, -0.05) is 0 Å². The van der Waals surface area contributed by atoms with Crippen LogP contribution in [0.25, 0.3) is 11.0 Å². The number of aliphatic carboxylic acids is 1. The number of halogens is 1. The van der Waals surface area contributed by atoms with E-state index in [-0.39, 0.29) is 11.7 Å². The van der Waals surface area contributed by atoms with E-state index in [1.807, 2.05) is 6.92 Å². The topological polar surface area (TPSA) is 71.7 Å². The van der Waals surface area contributed by atoms with Crippen molar-refractivity contribution in [2.75, 3.05) is 13.7 Å². The number of nitrogens with one attached hydrogen (secondary N) is 1. The van der Waals surface area contributed by atoms with Crippen molar-refractivity contribution < 1.29 is 23.4 Å². The van der Waals surface area contributed by atoms with Gasteiger partial charge in [0.2, 0.25) is 0 Å². The Hall–Kier alpha value is -1.92. The number of carbonyl (C=O) groups is 1. The predicted molar refractivity (Wildman–Crippen MR) is 82.7 cm³/mol. The molecule has 3 rings (SSSR count). The smallest absolute Gasteiger partial charge is 0.306 e. The van der Waals surface area contributed by atoms with Gasteiger partial charge in [0.05, 0.1) is 18.1 Å². The third-order valence-corrected chi connectivity index (χ3v) is 4.75. The molecule has 5 nitrogen and oxygen atoms in total. The van der Waals surface area contributed by atoms with Crippen LogP contribution in [0, 0.1) is 18.7 Å². The molecular formula is C17H20FNO4. The van der Waals surface area contributed by atoms with Crippen LogP contribution in [-0.2, 0) is 16.1 Å². The molecule has 1 aliphatic carbocycles. The Morgan fingerprint density at radius 3 is 2.91 bits per heavy atom. The molecule has 1 aromatic carbocycles. The summed E-state index contributed by atoms with van der Waals surface area (Å²) in [5, 5.41) is 13.0. The van der Waals surface area contributed by atoms with Gasteiger partial charge in [-0.2, -0.15) is 0 Å². The number of fused-ring (bicyclic) bond motifs is 1. The lowest BCUT2D eigenvalue weighted by Crippen LogP contribution is -2.54. The summed E-state index contributed by atoms with van der Waals surface area (Å²) >= 11 is 0. The lowest BCUT2D eigenvalue weighted by molar-refractivity contribution is -0.162. The SMILES string of the molecule is COC1(CNCc2oc3ccc(F)cc3c2C)CC(C(=O)O)C1. The molecule has 0 saturated heterocycles. The van der Waals surface area contributed by atoms with Gasteiger partial charge in [-0.05, 0) is 43.5 Å². The second kappa shape index (κ2) is 5.94. The first-order valence-corrected chi connectivity index (χ1v) is 7.60. The summed E-state index contributed by atoms with van der Waals surface area (Å²) in [4.78, 5) is 10.9. The molecule has 0 amide bonds. The Bertz CT molecular complexity index is 734. The number of hydrogen-bond acceptors (Lipinski definition) is 4. The number of carboxylic acid groups (broad SMARTS) is 1. The van der Waals surface area contributed by atoms with E-state index < -0.39 is 11.6 Å². The van der Waals surface area contributed by atoms with Crippen molar-refractivity contribution in [3.05, 3.63) is 35.3 Å². The number of rotatable bonds is 6. The van der Waals surface area contributed by atoms with Crippen LogP contribution >= 0.6 is 0 Å². The Morgan fingerprint density at radius 2 is 2.26 bits per heavy atom. The highest BCUT2D eigenvalue weighted by Crippen LogP contribution is 2.40. The summed E-state index contributed by atoms with van der Waals surface area (Å²) in [6, 6.07) is 4.47. The molecule has 2 aromatic rings. The number of methoxy groups -OCH3 is 1. The Labute approximate surface area is 133 Å². The fourth-order valence-electron chi connectivity index (χ4n) is 3.21. The lowest BCUT2D eigenvalue weighted by Gasteiger charge is -2.44. The van der Waals surface area contributed by atoms with Gasteiger partial charge >= 0.3 is 5.97 Å². The van der Waals surface area contributed by atoms with Crippen LogP contribution in [0.4, 0.5) is 4.39 Å². The quantitative estimate of drug-likeness (QED) is 0.856. The minimum Gasteiger partial charge on any atom is -0.481 e. The second-order valence-corrected chi connectivity index (χ2v) is 6.22. The molecule has 0 aliphatic heterocycles. The predicted octanol–water partition coefficient (Wildman–Crippen LogP) is 2.85. The van der Waals surface area contributed by atoms with Gasteiger partial charge in [-0.25, -0.2) is 4.39 Å². The average Bonchev–Trinajstić information content (AvgIpc) is 2.78. The third-order valence-electron chi connectivity index (χ3n) is 4.75. The number of carboxylic acids is 1. The summed E-state index contributed by atoms with van der Waals surface area (Å²) in [5.41, 5.74) is 1.15. The first-order valence-electron chi connectivity index (χ1n) is 7.60. The van der Waals surface area contributed by atoms with E-state index in [0.717, 1.165) is 16.7 Å². The van der Waals surface area contributed by atoms with E-state index in [2.05, 4.69) is 5.32 Å². The maximum atomic E-state index is 13.3. The monoisotopic (exact) mass is 321 g/mol. The zero-order valence-corrected chi connectivity index (χ0v) is 13.2. The summed E-state index contributed by atoms with van der Waals surface area (Å²) in [6.07, 6.45) is 1.02. The Morgan fingerprint density at radius 1 is 1.52 bits per heavy atom. The standard InChI is InChI=1S/C17H20FNO4/c1-10-13-5-12(18)3-4-14(13)23-15(10)8-19-9-17(22-2)6-11(7-17)16(20)21/h3-5,11,19H,6-9H2,1-2H3,(H,20,21). The molecule has 124 valence electrons. The van der Waals surface area contributed by atoms with E-state index in [4.69, 9.17) is 14.3 Å². The van der Waals surface area contributed by atoms with Gasteiger partial charge in [-0.3, -0.25) is 4.79 Å². The molecule has 0 unspecified atom stereocenters. The maximum absolute atomic E-state index is 13.3. The van der Waals surface area contributed by atoms with Crippen molar-refractivity contribution in [2.45, 2.75) is 31.9 Å². The molecule has 1 fully saturated rings. The third kappa shape index (κ3) is 2.96. The number of aryl methyl sites for hydroxylation is 1. The van der Waals surface area contributed by atoms with Crippen LogP contribution < -0.4 is 5.32 Å². The van der Waals surface area contributed by atoms with Crippen LogP contribution in [0.3, 0.4) is 0 Å². The van der Waals surface area contributed by atoms with Gasteiger partial charge in [0, 0.05) is 19.0 Å². The van der Waals surface area contributed by atoms with Crippen molar-refractivity contribution in [1.29, 1.82) is 0 Å². The number of furan rings is 1. The molecule has 1 aromatic heterocycles. The van der Waals surface area contributed by atoms with Gasteiger partial charge < -0.3 is 19.6 Å². The molecule has 0 bridgehead atoms. The number of benzene rings is 1. The van der Waals surface area contributed by atoms with Gasteiger partial charge in [-0.15, -0.1) is 0 Å². The molecule has 6 heteroatoms. The van der Waals surface area contributed by atoms with Crippen LogP contribution in [0.1, 0.15) is 24.2 Å². The highest BCUT2D eigenvalue weighted by Gasteiger charge is 2.47. The number of hydrogen-bond donors (Lipinski definition) is 2. The molecule has 0 atom stereocenters. The average molecular weight is 321 g/mol. The van der Waals surface area contributed by atoms with Crippen LogP contribution in [-0.4, -0.2) is 30.3 Å². The normalized spacial score (nSPS) is 23.9. The molecule has 2 N–H and O–H groups in total. The highest BCUT2D eigenvalue weighted by atomic mass is 19.1. The van der Waals surface area contributed by atoms with Crippen LogP contribution in [0.15, 0.2) is 22.6 Å². The largest absolute Gasteiger partial charge is 0.481 e. The molecule has 1 aliphatic rings. The van der Waals surface area contributed by atoms with Crippen molar-refractivity contribution >= 4 is 16.9 Å². The summed E-state index contributed by atoms with van der Waals surface area (Å²) in [6.45, 7) is 2.95. The van der Waals surface area contributed by atoms with E-state index in [0.29, 0.717) is 31.5 Å². The van der Waals surface area contributed by atoms with Gasteiger partial charge in [0.15, 0.2) is 0 Å². The van der Waals surface area contributed by atoms with E-state index >= 15 is 0 Å². The first kappa shape index (κ1) is 16.0. The minimum atomic E-state index is -0.771. The second-order valence-electron chi connectivity index (χ2n) is 6.22. The van der Waals surface area contributed by atoms with E-state index in [1.54, 1.807) is 13.2 Å². The van der Waals surface area contributed by atoms with Crippen LogP contribution in [0.2, 0.25) is 0 Å². The summed E-state index contributed by atoms with van der Waals surface area (Å²) in [7, 11) is 1.61. The summed E-state index contributed by atoms with van der Waals surface area (Å²) < 4.78 is 24.6. The molecule has 1 saturated carbocycles.